The molecule has 0 unspecified atom stereocenters. The second-order valence-corrected chi connectivity index (χ2v) is 4.75. The molecule has 0 saturated heterocycles. The lowest BCUT2D eigenvalue weighted by Gasteiger charge is -1.97. The zero-order valence-corrected chi connectivity index (χ0v) is 8.63. The molecule has 0 aliphatic heterocycles. The molecule has 0 radical (unpaired) electrons. The van der Waals surface area contributed by atoms with E-state index >= 15 is 0 Å². The molecular formula is C6H4FIO3S. The van der Waals surface area contributed by atoms with Gasteiger partial charge >= 0.3 is 0 Å². The van der Waals surface area contributed by atoms with Gasteiger partial charge in [0.15, 0.2) is 0 Å². The average Bonchev–Trinajstić information content (AvgIpc) is 1.82. The van der Waals surface area contributed by atoms with Crippen LogP contribution in [-0.2, 0) is 10.1 Å². The van der Waals surface area contributed by atoms with E-state index in [9.17, 15) is 12.8 Å². The van der Waals surface area contributed by atoms with Crippen LogP contribution in [0, 0.1) is 9.39 Å². The minimum Gasteiger partial charge on any atom is -0.282 e. The number of rotatable bonds is 1. The van der Waals surface area contributed by atoms with Crippen LogP contribution in [-0.4, -0.2) is 13.0 Å². The maximum atomic E-state index is 12.6. The normalized spacial score (nSPS) is 11.6. The zero-order valence-electron chi connectivity index (χ0n) is 5.66. The van der Waals surface area contributed by atoms with Gasteiger partial charge in [-0.1, -0.05) is 0 Å². The van der Waals surface area contributed by atoms with Gasteiger partial charge < -0.3 is 0 Å². The van der Waals surface area contributed by atoms with Crippen molar-refractivity contribution in [3.05, 3.63) is 27.6 Å². The minimum atomic E-state index is -4.29. The van der Waals surface area contributed by atoms with Crippen molar-refractivity contribution in [3.63, 3.8) is 0 Å². The molecule has 0 aromatic heterocycles. The smallest absolute Gasteiger partial charge is 0.282 e. The molecule has 1 aromatic rings. The predicted molar refractivity (Wildman–Crippen MR) is 48.9 cm³/mol. The van der Waals surface area contributed by atoms with Gasteiger partial charge in [-0.2, -0.15) is 8.42 Å². The van der Waals surface area contributed by atoms with Crippen LogP contribution in [0.2, 0.25) is 0 Å². The molecule has 1 rings (SSSR count). The summed E-state index contributed by atoms with van der Waals surface area (Å²) in [5, 5.41) is 0. The summed E-state index contributed by atoms with van der Waals surface area (Å²) in [6.45, 7) is 0. The molecular weight excluding hydrogens is 298 g/mol. The van der Waals surface area contributed by atoms with Crippen LogP contribution in [0.25, 0.3) is 0 Å². The molecule has 0 aliphatic rings. The lowest BCUT2D eigenvalue weighted by Crippen LogP contribution is -1.99. The van der Waals surface area contributed by atoms with Gasteiger partial charge in [0.25, 0.3) is 10.1 Å². The summed E-state index contributed by atoms with van der Waals surface area (Å²) in [5.41, 5.74) is 0. The Morgan fingerprint density at radius 1 is 1.33 bits per heavy atom. The van der Waals surface area contributed by atoms with Crippen molar-refractivity contribution in [3.8, 4) is 0 Å². The Morgan fingerprint density at radius 3 is 2.33 bits per heavy atom. The number of hydrogen-bond donors (Lipinski definition) is 1. The van der Waals surface area contributed by atoms with E-state index < -0.39 is 20.8 Å². The van der Waals surface area contributed by atoms with Crippen LogP contribution in [0.4, 0.5) is 4.39 Å². The highest BCUT2D eigenvalue weighted by Crippen LogP contribution is 2.15. The predicted octanol–water partition coefficient (Wildman–Crippen LogP) is 1.68. The van der Waals surface area contributed by atoms with E-state index in [1.807, 2.05) is 0 Å². The van der Waals surface area contributed by atoms with E-state index in [0.29, 0.717) is 3.57 Å². The van der Waals surface area contributed by atoms with E-state index in [4.69, 9.17) is 4.55 Å². The zero-order chi connectivity index (χ0) is 9.35. The maximum absolute atomic E-state index is 12.6. The molecule has 1 N–H and O–H groups in total. The highest BCUT2D eigenvalue weighted by atomic mass is 127. The largest absolute Gasteiger partial charge is 0.294 e. The van der Waals surface area contributed by atoms with Gasteiger partial charge in [0.1, 0.15) is 5.82 Å². The Hall–Kier alpha value is -0.210. The first kappa shape index (κ1) is 9.87. The fourth-order valence-corrected chi connectivity index (χ4v) is 2.06. The van der Waals surface area contributed by atoms with Gasteiger partial charge in [-0.25, -0.2) is 4.39 Å². The third-order valence-corrected chi connectivity index (χ3v) is 2.59. The lowest BCUT2D eigenvalue weighted by molar-refractivity contribution is 0.481. The van der Waals surface area contributed by atoms with Crippen LogP contribution in [0.5, 0.6) is 0 Å². The topological polar surface area (TPSA) is 54.4 Å². The van der Waals surface area contributed by atoms with Gasteiger partial charge in [0.2, 0.25) is 0 Å². The molecule has 3 nitrogen and oxygen atoms in total. The molecule has 0 heterocycles. The quantitative estimate of drug-likeness (QED) is 0.634. The van der Waals surface area contributed by atoms with E-state index in [0.717, 1.165) is 12.1 Å². The van der Waals surface area contributed by atoms with E-state index in [1.54, 1.807) is 22.6 Å². The highest BCUT2D eigenvalue weighted by Gasteiger charge is 2.10. The highest BCUT2D eigenvalue weighted by molar-refractivity contribution is 14.1. The monoisotopic (exact) mass is 302 g/mol. The van der Waals surface area contributed by atoms with Crippen molar-refractivity contribution < 1.29 is 17.4 Å². The molecule has 0 fully saturated rings. The van der Waals surface area contributed by atoms with Gasteiger partial charge in [-0.15, -0.1) is 0 Å². The van der Waals surface area contributed by atoms with Crippen molar-refractivity contribution in [2.24, 2.45) is 0 Å². The number of hydrogen-bond acceptors (Lipinski definition) is 2. The van der Waals surface area contributed by atoms with Gasteiger partial charge in [-0.05, 0) is 40.8 Å². The van der Waals surface area contributed by atoms with Crippen LogP contribution in [0.1, 0.15) is 0 Å². The van der Waals surface area contributed by atoms with E-state index in [2.05, 4.69) is 0 Å². The number of halogens is 2. The molecule has 6 heteroatoms. The van der Waals surface area contributed by atoms with Crippen molar-refractivity contribution >= 4 is 32.7 Å². The molecule has 0 atom stereocenters. The Balaban J connectivity index is 3.37. The fraction of sp³-hybridized carbons (Fsp3) is 0. The van der Waals surface area contributed by atoms with Crippen molar-refractivity contribution in [2.75, 3.05) is 0 Å². The Labute approximate surface area is 82.5 Å². The second kappa shape index (κ2) is 3.27. The van der Waals surface area contributed by atoms with Crippen molar-refractivity contribution in [1.82, 2.24) is 0 Å². The molecule has 12 heavy (non-hydrogen) atoms. The van der Waals surface area contributed by atoms with Crippen LogP contribution in [0.15, 0.2) is 23.1 Å². The summed E-state index contributed by atoms with van der Waals surface area (Å²) in [5.74, 6) is -0.686. The summed E-state index contributed by atoms with van der Waals surface area (Å²) in [4.78, 5) is -0.424. The summed E-state index contributed by atoms with van der Waals surface area (Å²) in [6, 6.07) is 3.10. The molecule has 0 aliphatic carbocycles. The Morgan fingerprint density at radius 2 is 1.92 bits per heavy atom. The summed E-state index contributed by atoms with van der Waals surface area (Å²) < 4.78 is 42.6. The molecule has 66 valence electrons. The standard InChI is InChI=1S/C6H4FIO3S/c7-4-1-5(8)3-6(2-4)12(9,10)11/h1-3H,(H,9,10,11). The minimum absolute atomic E-state index is 0.417. The van der Waals surface area contributed by atoms with Crippen LogP contribution >= 0.6 is 22.6 Å². The first-order valence-electron chi connectivity index (χ1n) is 2.83. The van der Waals surface area contributed by atoms with Crippen LogP contribution < -0.4 is 0 Å². The van der Waals surface area contributed by atoms with Gasteiger partial charge in [-0.3, -0.25) is 4.55 Å². The molecule has 0 spiro atoms. The molecule has 0 saturated carbocycles. The fourth-order valence-electron chi connectivity index (χ4n) is 0.677. The summed E-state index contributed by atoms with van der Waals surface area (Å²) >= 11 is 1.76. The lowest BCUT2D eigenvalue weighted by atomic mass is 10.3. The number of benzene rings is 1. The van der Waals surface area contributed by atoms with Crippen LogP contribution in [0.3, 0.4) is 0 Å². The molecule has 0 bridgehead atoms. The van der Waals surface area contributed by atoms with E-state index in [1.165, 1.54) is 6.07 Å². The second-order valence-electron chi connectivity index (χ2n) is 2.08. The maximum Gasteiger partial charge on any atom is 0.294 e. The van der Waals surface area contributed by atoms with Gasteiger partial charge in [0, 0.05) is 3.57 Å². The summed E-state index contributed by atoms with van der Waals surface area (Å²) in [7, 11) is -4.29. The van der Waals surface area contributed by atoms with E-state index in [-0.39, 0.29) is 0 Å². The van der Waals surface area contributed by atoms with Crippen molar-refractivity contribution in [1.29, 1.82) is 0 Å². The first-order valence-corrected chi connectivity index (χ1v) is 5.35. The van der Waals surface area contributed by atoms with Gasteiger partial charge in [0.05, 0.1) is 4.90 Å². The average molecular weight is 302 g/mol. The Kier molecular flexibility index (Phi) is 2.69. The third kappa shape index (κ3) is 2.39. The SMILES string of the molecule is O=S(=O)(O)c1cc(F)cc(I)c1. The first-order chi connectivity index (χ1) is 5.39. The molecule has 1 aromatic carbocycles. The van der Waals surface area contributed by atoms with Crippen molar-refractivity contribution in [2.45, 2.75) is 4.90 Å². The third-order valence-electron chi connectivity index (χ3n) is 1.13. The molecule has 0 amide bonds. The summed E-state index contributed by atoms with van der Waals surface area (Å²) in [6.07, 6.45) is 0. The Bertz CT molecular complexity index is 381.